The number of hydrogen-bond donors (Lipinski definition) is 1. The maximum absolute atomic E-state index is 10.8. The number of benzene rings is 1. The average molecular weight is 204 g/mol. The predicted octanol–water partition coefficient (Wildman–Crippen LogP) is 2.93. The molecule has 0 spiro atoms. The van der Waals surface area contributed by atoms with E-state index in [1.54, 1.807) is 13.0 Å². The second-order valence-electron chi connectivity index (χ2n) is 3.70. The molecule has 3 heteroatoms. The van der Waals surface area contributed by atoms with Gasteiger partial charge in [0.15, 0.2) is 0 Å². The first-order chi connectivity index (χ1) is 7.09. The molecule has 1 heterocycles. The van der Waals surface area contributed by atoms with E-state index in [-0.39, 0.29) is 0 Å². The van der Waals surface area contributed by atoms with Crippen LogP contribution in [0, 0.1) is 6.92 Å². The van der Waals surface area contributed by atoms with Gasteiger partial charge < -0.3 is 9.52 Å². The van der Waals surface area contributed by atoms with Crippen molar-refractivity contribution >= 4 is 16.9 Å². The molecule has 0 bridgehead atoms. The summed E-state index contributed by atoms with van der Waals surface area (Å²) in [4.78, 5) is 10.8. The molecular weight excluding hydrogens is 192 g/mol. The fourth-order valence-electron chi connectivity index (χ4n) is 1.56. The minimum absolute atomic E-state index is 0.506. The van der Waals surface area contributed by atoms with Crippen molar-refractivity contribution in [2.45, 2.75) is 19.8 Å². The van der Waals surface area contributed by atoms with Crippen molar-refractivity contribution < 1.29 is 14.3 Å². The van der Waals surface area contributed by atoms with Gasteiger partial charge in [-0.3, -0.25) is 4.79 Å². The number of carboxylic acid groups (broad SMARTS) is 1. The van der Waals surface area contributed by atoms with Crippen LogP contribution >= 0.6 is 0 Å². The molecule has 1 aromatic carbocycles. The van der Waals surface area contributed by atoms with Gasteiger partial charge in [-0.05, 0) is 25.5 Å². The smallest absolute Gasteiger partial charge is 0.313 e. The van der Waals surface area contributed by atoms with Crippen LogP contribution in [0.2, 0.25) is 0 Å². The number of carboxylic acids is 1. The van der Waals surface area contributed by atoms with Crippen LogP contribution in [-0.4, -0.2) is 11.1 Å². The van der Waals surface area contributed by atoms with Crippen molar-refractivity contribution in [3.05, 3.63) is 35.6 Å². The van der Waals surface area contributed by atoms with Gasteiger partial charge in [-0.25, -0.2) is 0 Å². The molecule has 1 unspecified atom stereocenters. The zero-order valence-corrected chi connectivity index (χ0v) is 8.65. The van der Waals surface area contributed by atoms with E-state index in [0.29, 0.717) is 5.76 Å². The summed E-state index contributed by atoms with van der Waals surface area (Å²) in [6, 6.07) is 7.59. The third-order valence-electron chi connectivity index (χ3n) is 2.56. The van der Waals surface area contributed by atoms with E-state index in [1.807, 2.05) is 25.1 Å². The van der Waals surface area contributed by atoms with Gasteiger partial charge >= 0.3 is 5.97 Å². The summed E-state index contributed by atoms with van der Waals surface area (Å²) in [5.41, 5.74) is 1.80. The van der Waals surface area contributed by atoms with Crippen LogP contribution in [-0.2, 0) is 4.79 Å². The molecule has 0 radical (unpaired) electrons. The summed E-state index contributed by atoms with van der Waals surface area (Å²) in [5.74, 6) is -0.963. The molecule has 0 aliphatic heterocycles. The van der Waals surface area contributed by atoms with Crippen molar-refractivity contribution in [3.8, 4) is 0 Å². The van der Waals surface area contributed by atoms with E-state index in [9.17, 15) is 4.79 Å². The lowest BCUT2D eigenvalue weighted by atomic mass is 10.1. The van der Waals surface area contributed by atoms with Crippen LogP contribution < -0.4 is 0 Å². The first-order valence-corrected chi connectivity index (χ1v) is 4.81. The Balaban J connectivity index is 2.56. The SMILES string of the molecule is Cc1cccc2cc(C(C)C(=O)O)oc12. The highest BCUT2D eigenvalue weighted by molar-refractivity contribution is 5.83. The average Bonchev–Trinajstić information content (AvgIpc) is 2.61. The van der Waals surface area contributed by atoms with Crippen LogP contribution in [0.5, 0.6) is 0 Å². The molecule has 0 amide bonds. The van der Waals surface area contributed by atoms with Gasteiger partial charge in [0.2, 0.25) is 0 Å². The van der Waals surface area contributed by atoms with Crippen LogP contribution in [0.1, 0.15) is 24.2 Å². The topological polar surface area (TPSA) is 50.4 Å². The van der Waals surface area contributed by atoms with Crippen molar-refractivity contribution in [2.24, 2.45) is 0 Å². The Morgan fingerprint density at radius 3 is 2.80 bits per heavy atom. The molecule has 78 valence electrons. The van der Waals surface area contributed by atoms with Crippen molar-refractivity contribution in [1.29, 1.82) is 0 Å². The van der Waals surface area contributed by atoms with Gasteiger partial charge in [-0.15, -0.1) is 0 Å². The fraction of sp³-hybridized carbons (Fsp3) is 0.250. The Morgan fingerprint density at radius 2 is 2.20 bits per heavy atom. The van der Waals surface area contributed by atoms with E-state index in [0.717, 1.165) is 16.5 Å². The zero-order chi connectivity index (χ0) is 11.0. The Hall–Kier alpha value is -1.77. The quantitative estimate of drug-likeness (QED) is 0.818. The molecule has 0 saturated carbocycles. The monoisotopic (exact) mass is 204 g/mol. The lowest BCUT2D eigenvalue weighted by Crippen LogP contribution is -2.05. The Morgan fingerprint density at radius 1 is 1.47 bits per heavy atom. The number of carbonyl (C=O) groups is 1. The molecule has 1 N–H and O–H groups in total. The summed E-state index contributed by atoms with van der Waals surface area (Å²) in [5, 5.41) is 9.83. The fourth-order valence-corrected chi connectivity index (χ4v) is 1.56. The van der Waals surface area contributed by atoms with Gasteiger partial charge in [0.1, 0.15) is 17.3 Å². The van der Waals surface area contributed by atoms with Gasteiger partial charge in [-0.2, -0.15) is 0 Å². The molecule has 0 aliphatic carbocycles. The maximum Gasteiger partial charge on any atom is 0.313 e. The molecule has 0 saturated heterocycles. The lowest BCUT2D eigenvalue weighted by molar-refractivity contribution is -0.138. The summed E-state index contributed by atoms with van der Waals surface area (Å²) in [6.45, 7) is 3.57. The molecule has 2 rings (SSSR count). The maximum atomic E-state index is 10.8. The minimum atomic E-state index is -0.869. The first kappa shape index (κ1) is 9.77. The molecular formula is C12H12O3. The van der Waals surface area contributed by atoms with Crippen molar-refractivity contribution in [2.75, 3.05) is 0 Å². The summed E-state index contributed by atoms with van der Waals surface area (Å²) < 4.78 is 5.54. The minimum Gasteiger partial charge on any atom is -0.481 e. The van der Waals surface area contributed by atoms with Gasteiger partial charge in [0.05, 0.1) is 0 Å². The molecule has 1 atom stereocenters. The number of furan rings is 1. The summed E-state index contributed by atoms with van der Waals surface area (Å²) in [7, 11) is 0. The summed E-state index contributed by atoms with van der Waals surface area (Å²) in [6.07, 6.45) is 0. The standard InChI is InChI=1S/C12H12O3/c1-7-4-3-5-9-6-10(15-11(7)9)8(2)12(13)14/h3-6,8H,1-2H3,(H,13,14). The highest BCUT2D eigenvalue weighted by Crippen LogP contribution is 2.27. The Kier molecular flexibility index (Phi) is 2.23. The molecule has 0 fully saturated rings. The molecule has 1 aromatic heterocycles. The van der Waals surface area contributed by atoms with Crippen molar-refractivity contribution in [1.82, 2.24) is 0 Å². The number of rotatable bonds is 2. The van der Waals surface area contributed by atoms with E-state index < -0.39 is 11.9 Å². The number of fused-ring (bicyclic) bond motifs is 1. The molecule has 0 aliphatic rings. The Labute approximate surface area is 87.3 Å². The highest BCUT2D eigenvalue weighted by atomic mass is 16.4. The van der Waals surface area contributed by atoms with Crippen molar-refractivity contribution in [3.63, 3.8) is 0 Å². The van der Waals surface area contributed by atoms with Gasteiger partial charge in [0, 0.05) is 5.39 Å². The second-order valence-corrected chi connectivity index (χ2v) is 3.70. The van der Waals surface area contributed by atoms with E-state index in [1.165, 1.54) is 0 Å². The predicted molar refractivity (Wildman–Crippen MR) is 57.0 cm³/mol. The summed E-state index contributed by atoms with van der Waals surface area (Å²) >= 11 is 0. The molecule has 3 nitrogen and oxygen atoms in total. The van der Waals surface area contributed by atoms with Crippen LogP contribution in [0.25, 0.3) is 11.0 Å². The number of aryl methyl sites for hydroxylation is 1. The largest absolute Gasteiger partial charge is 0.481 e. The van der Waals surface area contributed by atoms with Gasteiger partial charge in [0.25, 0.3) is 0 Å². The van der Waals surface area contributed by atoms with Gasteiger partial charge in [-0.1, -0.05) is 18.2 Å². The second kappa shape index (κ2) is 3.42. The number of aliphatic carboxylic acids is 1. The highest BCUT2D eigenvalue weighted by Gasteiger charge is 2.18. The molecule has 15 heavy (non-hydrogen) atoms. The molecule has 2 aromatic rings. The number of hydrogen-bond acceptors (Lipinski definition) is 2. The van der Waals surface area contributed by atoms with Crippen LogP contribution in [0.3, 0.4) is 0 Å². The van der Waals surface area contributed by atoms with E-state index >= 15 is 0 Å². The van der Waals surface area contributed by atoms with Crippen LogP contribution in [0.4, 0.5) is 0 Å². The normalized spacial score (nSPS) is 12.9. The van der Waals surface area contributed by atoms with E-state index in [2.05, 4.69) is 0 Å². The van der Waals surface area contributed by atoms with E-state index in [4.69, 9.17) is 9.52 Å². The third-order valence-corrected chi connectivity index (χ3v) is 2.56. The first-order valence-electron chi connectivity index (χ1n) is 4.81. The lowest BCUT2D eigenvalue weighted by Gasteiger charge is -1.99. The third kappa shape index (κ3) is 1.61. The number of para-hydroxylation sites is 1. The van der Waals surface area contributed by atoms with Crippen LogP contribution in [0.15, 0.2) is 28.7 Å². The zero-order valence-electron chi connectivity index (χ0n) is 8.65. The Bertz CT molecular complexity index is 511.